The number of rotatable bonds is 3. The van der Waals surface area contributed by atoms with Gasteiger partial charge in [0, 0.05) is 53.4 Å². The van der Waals surface area contributed by atoms with Gasteiger partial charge < -0.3 is 4.74 Å². The second-order valence-corrected chi connectivity index (χ2v) is 17.7. The van der Waals surface area contributed by atoms with Gasteiger partial charge in [0.2, 0.25) is 0 Å². The molecule has 10 aromatic rings. The van der Waals surface area contributed by atoms with Crippen LogP contribution < -0.4 is 4.74 Å². The zero-order valence-electron chi connectivity index (χ0n) is 32.9. The van der Waals surface area contributed by atoms with Crippen LogP contribution >= 0.6 is 11.3 Å². The third kappa shape index (κ3) is 4.42. The monoisotopic (exact) mass is 785 g/mol. The van der Waals surface area contributed by atoms with Gasteiger partial charge in [-0.1, -0.05) is 159 Å². The molecule has 60 heavy (non-hydrogen) atoms. The van der Waals surface area contributed by atoms with E-state index in [0.717, 1.165) is 39.3 Å². The zero-order chi connectivity index (χ0) is 39.7. The minimum atomic E-state index is -0.549. The molecule has 5 heteroatoms. The molecule has 0 atom stereocenters. The Labute approximate surface area is 351 Å². The molecule has 4 nitrogen and oxygen atoms in total. The predicted octanol–water partition coefficient (Wildman–Crippen LogP) is 14.0. The van der Waals surface area contributed by atoms with Crippen molar-refractivity contribution in [3.8, 4) is 67.9 Å². The number of nitrogens with zero attached hydrogens (tertiary/aromatic N) is 3. The molecule has 0 unspecified atom stereocenters. The third-order valence-corrected chi connectivity index (χ3v) is 14.5. The van der Waals surface area contributed by atoms with Crippen molar-refractivity contribution >= 4 is 31.5 Å². The number of thiophene rings is 1. The summed E-state index contributed by atoms with van der Waals surface area (Å²) in [6.45, 7) is 4.64. The van der Waals surface area contributed by atoms with Crippen molar-refractivity contribution in [1.29, 1.82) is 0 Å². The van der Waals surface area contributed by atoms with E-state index in [1.807, 2.05) is 0 Å². The van der Waals surface area contributed by atoms with Gasteiger partial charge in [-0.2, -0.15) is 0 Å². The second kappa shape index (κ2) is 12.2. The van der Waals surface area contributed by atoms with E-state index < -0.39 is 5.41 Å². The van der Waals surface area contributed by atoms with Crippen molar-refractivity contribution in [3.63, 3.8) is 0 Å². The quantitative estimate of drug-likeness (QED) is 0.179. The number of para-hydroxylation sites is 2. The lowest BCUT2D eigenvalue weighted by atomic mass is 9.66. The molecule has 0 saturated heterocycles. The molecule has 1 spiro atoms. The van der Waals surface area contributed by atoms with E-state index in [4.69, 9.17) is 19.7 Å². The van der Waals surface area contributed by atoms with Gasteiger partial charge in [-0.15, -0.1) is 11.3 Å². The van der Waals surface area contributed by atoms with Crippen molar-refractivity contribution in [1.82, 2.24) is 15.0 Å². The summed E-state index contributed by atoms with van der Waals surface area (Å²) >= 11 is 1.80. The summed E-state index contributed by atoms with van der Waals surface area (Å²) in [5.41, 5.74) is 14.4. The summed E-state index contributed by atoms with van der Waals surface area (Å²) in [6, 6.07) is 63.2. The highest BCUT2D eigenvalue weighted by Gasteiger charge is 2.51. The first-order chi connectivity index (χ1) is 29.5. The number of ether oxygens (including phenoxy) is 1. The van der Waals surface area contributed by atoms with E-state index in [2.05, 4.69) is 190 Å². The van der Waals surface area contributed by atoms with E-state index in [1.165, 1.54) is 64.7 Å². The highest BCUT2D eigenvalue weighted by molar-refractivity contribution is 7.26. The third-order valence-electron chi connectivity index (χ3n) is 13.2. The van der Waals surface area contributed by atoms with Crippen LogP contribution in [0.2, 0.25) is 0 Å². The van der Waals surface area contributed by atoms with Gasteiger partial charge in [0.25, 0.3) is 0 Å². The summed E-state index contributed by atoms with van der Waals surface area (Å²) in [5, 5.41) is 2.46. The van der Waals surface area contributed by atoms with Crippen LogP contribution in [0.1, 0.15) is 47.2 Å². The lowest BCUT2D eigenvalue weighted by molar-refractivity contribution is 0.436. The van der Waals surface area contributed by atoms with Crippen LogP contribution in [0.3, 0.4) is 0 Å². The van der Waals surface area contributed by atoms with Crippen molar-refractivity contribution in [2.75, 3.05) is 0 Å². The standard InChI is InChI=1S/C55H35N3OS/c1-54(2)40-21-6-4-17-36(40)49-37(19-14-25-45(49)54)52-56-51(57-53(58-52)38-20-13-18-35-34-16-5-12-28-48(34)60-50(35)38)32-29-30-42-39(31-32)33-15-3-7-22-41(33)55(42)43-23-8-10-26-46(43)59-47-27-11-9-24-44(47)55/h3-31H,1-2H3. The summed E-state index contributed by atoms with van der Waals surface area (Å²) < 4.78 is 9.01. The first-order valence-electron chi connectivity index (χ1n) is 20.5. The Morgan fingerprint density at radius 2 is 0.967 bits per heavy atom. The van der Waals surface area contributed by atoms with Gasteiger partial charge in [0.15, 0.2) is 17.5 Å². The average molecular weight is 786 g/mol. The Kier molecular flexibility index (Phi) is 6.84. The van der Waals surface area contributed by atoms with E-state index in [9.17, 15) is 0 Å². The minimum absolute atomic E-state index is 0.159. The second-order valence-electron chi connectivity index (χ2n) is 16.6. The maximum atomic E-state index is 6.59. The van der Waals surface area contributed by atoms with Crippen LogP contribution in [0.25, 0.3) is 76.6 Å². The fourth-order valence-corrected chi connectivity index (χ4v) is 11.8. The Morgan fingerprint density at radius 3 is 1.77 bits per heavy atom. The molecule has 13 rings (SSSR count). The Hall–Kier alpha value is -7.21. The number of benzene rings is 8. The molecule has 3 heterocycles. The normalized spacial score (nSPS) is 14.6. The average Bonchev–Trinajstić information content (AvgIpc) is 3.90. The van der Waals surface area contributed by atoms with Crippen molar-refractivity contribution < 1.29 is 4.74 Å². The fourth-order valence-electron chi connectivity index (χ4n) is 10.6. The summed E-state index contributed by atoms with van der Waals surface area (Å²) in [6.07, 6.45) is 0. The van der Waals surface area contributed by atoms with Crippen molar-refractivity contribution in [2.45, 2.75) is 24.7 Å². The summed E-state index contributed by atoms with van der Waals surface area (Å²) in [7, 11) is 0. The Balaban J connectivity index is 1.08. The van der Waals surface area contributed by atoms with Gasteiger partial charge in [-0.3, -0.25) is 0 Å². The molecule has 0 bridgehead atoms. The maximum Gasteiger partial charge on any atom is 0.165 e. The molecule has 0 fully saturated rings. The van der Waals surface area contributed by atoms with Gasteiger partial charge in [0.1, 0.15) is 11.5 Å². The number of hydrogen-bond acceptors (Lipinski definition) is 5. The zero-order valence-corrected chi connectivity index (χ0v) is 33.7. The largest absolute Gasteiger partial charge is 0.457 e. The molecule has 282 valence electrons. The number of fused-ring (bicyclic) bond motifs is 15. The number of hydrogen-bond donors (Lipinski definition) is 0. The van der Waals surface area contributed by atoms with Crippen LogP contribution in [0.5, 0.6) is 11.5 Å². The van der Waals surface area contributed by atoms with E-state index >= 15 is 0 Å². The fraction of sp³-hybridized carbons (Fsp3) is 0.0727. The van der Waals surface area contributed by atoms with E-state index in [1.54, 1.807) is 11.3 Å². The van der Waals surface area contributed by atoms with Crippen LogP contribution in [0, 0.1) is 0 Å². The predicted molar refractivity (Wildman–Crippen MR) is 244 cm³/mol. The Bertz CT molecular complexity index is 3420. The highest BCUT2D eigenvalue weighted by Crippen LogP contribution is 2.62. The van der Waals surface area contributed by atoms with Crippen LogP contribution in [-0.4, -0.2) is 15.0 Å². The highest BCUT2D eigenvalue weighted by atomic mass is 32.1. The lowest BCUT2D eigenvalue weighted by Crippen LogP contribution is -2.32. The molecule has 0 saturated carbocycles. The van der Waals surface area contributed by atoms with Crippen LogP contribution in [-0.2, 0) is 10.8 Å². The maximum absolute atomic E-state index is 6.59. The molecule has 0 radical (unpaired) electrons. The van der Waals surface area contributed by atoms with Gasteiger partial charge in [-0.25, -0.2) is 15.0 Å². The first kappa shape index (κ1) is 33.7. The summed E-state index contributed by atoms with van der Waals surface area (Å²) in [5.74, 6) is 3.74. The molecular formula is C55H35N3OS. The number of aromatic nitrogens is 3. The van der Waals surface area contributed by atoms with Gasteiger partial charge >= 0.3 is 0 Å². The molecule has 1 aliphatic heterocycles. The summed E-state index contributed by atoms with van der Waals surface area (Å²) in [4.78, 5) is 16.3. The SMILES string of the molecule is CC1(C)c2ccccc2-c2c(-c3nc(-c4ccc5c(c4)-c4ccccc4C54c5ccccc5Oc5ccccc54)nc(-c4cccc5c4sc4ccccc45)n3)cccc21. The molecule has 2 aromatic heterocycles. The minimum Gasteiger partial charge on any atom is -0.457 e. The first-order valence-corrected chi connectivity index (χ1v) is 21.3. The van der Waals surface area contributed by atoms with E-state index in [-0.39, 0.29) is 5.41 Å². The van der Waals surface area contributed by atoms with Gasteiger partial charge in [0.05, 0.1) is 5.41 Å². The van der Waals surface area contributed by atoms with Crippen LogP contribution in [0.4, 0.5) is 0 Å². The van der Waals surface area contributed by atoms with Gasteiger partial charge in [-0.05, 0) is 74.8 Å². The van der Waals surface area contributed by atoms with E-state index in [0.29, 0.717) is 17.5 Å². The Morgan fingerprint density at radius 1 is 0.417 bits per heavy atom. The lowest BCUT2D eigenvalue weighted by Gasteiger charge is -2.39. The topological polar surface area (TPSA) is 47.9 Å². The molecule has 3 aliphatic rings. The molecule has 0 amide bonds. The smallest absolute Gasteiger partial charge is 0.165 e. The molecule has 0 N–H and O–H groups in total. The van der Waals surface area contributed by atoms with Crippen molar-refractivity contribution in [2.24, 2.45) is 0 Å². The molecule has 2 aliphatic carbocycles. The van der Waals surface area contributed by atoms with Crippen LogP contribution in [0.15, 0.2) is 176 Å². The molecule has 8 aromatic carbocycles. The molecular weight excluding hydrogens is 751 g/mol. The van der Waals surface area contributed by atoms with Crippen molar-refractivity contribution in [3.05, 3.63) is 209 Å².